The lowest BCUT2D eigenvalue weighted by molar-refractivity contribution is -0.216. The molecule has 6 rings (SSSR count). The highest BCUT2D eigenvalue weighted by Crippen LogP contribution is 2.65. The van der Waals surface area contributed by atoms with Crippen LogP contribution in [0.2, 0.25) is 10.0 Å². The summed E-state index contributed by atoms with van der Waals surface area (Å²) in [6, 6.07) is 5.27. The Balaban J connectivity index is 1.55. The molecule has 1 aromatic carbocycles. The van der Waals surface area contributed by atoms with Gasteiger partial charge in [-0.1, -0.05) is 23.2 Å². The van der Waals surface area contributed by atoms with Crippen molar-refractivity contribution in [2.75, 3.05) is 0 Å². The van der Waals surface area contributed by atoms with Crippen molar-refractivity contribution in [3.8, 4) is 0 Å². The molecular weight excluding hydrogens is 383 g/mol. The zero-order valence-corrected chi connectivity index (χ0v) is 17.2. The van der Waals surface area contributed by atoms with Gasteiger partial charge < -0.3 is 4.74 Å². The van der Waals surface area contributed by atoms with Crippen LogP contribution in [-0.4, -0.2) is 22.5 Å². The molecule has 1 atom stereocenters. The normalized spacial score (nSPS) is 39.5. The third kappa shape index (κ3) is 2.56. The van der Waals surface area contributed by atoms with Gasteiger partial charge in [0.25, 0.3) is 0 Å². The van der Waals surface area contributed by atoms with Gasteiger partial charge in [0, 0.05) is 17.4 Å². The number of hydrazone groups is 1. The van der Waals surface area contributed by atoms with Gasteiger partial charge in [-0.2, -0.15) is 5.01 Å². The van der Waals surface area contributed by atoms with Crippen LogP contribution in [0.4, 0.5) is 0 Å². The van der Waals surface area contributed by atoms with Gasteiger partial charge in [0.05, 0.1) is 10.6 Å². The molecule has 1 aliphatic heterocycles. The topological polar surface area (TPSA) is 41.9 Å². The lowest BCUT2D eigenvalue weighted by Crippen LogP contribution is -2.63. The smallest absolute Gasteiger partial charge is 0.243 e. The van der Waals surface area contributed by atoms with E-state index in [2.05, 4.69) is 12.0 Å². The van der Waals surface area contributed by atoms with Crippen molar-refractivity contribution in [3.63, 3.8) is 0 Å². The summed E-state index contributed by atoms with van der Waals surface area (Å²) in [6.45, 7) is 3.62. The van der Waals surface area contributed by atoms with E-state index in [-0.39, 0.29) is 11.3 Å². The number of ether oxygens (including phenoxy) is 1. The SMILES string of the molecule is CC(=O)N1N=C(c2ccc(Cl)cc2Cl)O[C@@]1(C)C12CC3CC(CC(C3)C1)C2. The molecule has 4 aliphatic carbocycles. The molecule has 4 saturated carbocycles. The average molecular weight is 407 g/mol. The van der Waals surface area contributed by atoms with E-state index in [1.165, 1.54) is 19.3 Å². The Labute approximate surface area is 169 Å². The number of hydrogen-bond acceptors (Lipinski definition) is 3. The van der Waals surface area contributed by atoms with E-state index >= 15 is 0 Å². The molecular formula is C21H24Cl2N2O2. The Kier molecular flexibility index (Phi) is 3.87. The van der Waals surface area contributed by atoms with E-state index in [0.717, 1.165) is 37.0 Å². The van der Waals surface area contributed by atoms with E-state index in [1.807, 2.05) is 6.07 Å². The van der Waals surface area contributed by atoms with Crippen LogP contribution in [-0.2, 0) is 9.53 Å². The molecule has 0 unspecified atom stereocenters. The monoisotopic (exact) mass is 406 g/mol. The Morgan fingerprint density at radius 3 is 2.26 bits per heavy atom. The van der Waals surface area contributed by atoms with Gasteiger partial charge in [0.15, 0.2) is 0 Å². The van der Waals surface area contributed by atoms with Crippen molar-refractivity contribution in [1.82, 2.24) is 5.01 Å². The van der Waals surface area contributed by atoms with Crippen LogP contribution in [0.15, 0.2) is 23.3 Å². The summed E-state index contributed by atoms with van der Waals surface area (Å²) >= 11 is 12.4. The highest BCUT2D eigenvalue weighted by molar-refractivity contribution is 6.36. The molecule has 0 radical (unpaired) electrons. The summed E-state index contributed by atoms with van der Waals surface area (Å²) in [7, 11) is 0. The third-order valence-corrected chi connectivity index (χ3v) is 7.92. The Hall–Kier alpha value is -1.26. The number of carbonyl (C=O) groups excluding carboxylic acids is 1. The molecule has 1 amide bonds. The van der Waals surface area contributed by atoms with Crippen LogP contribution in [0, 0.1) is 23.2 Å². The predicted molar refractivity (Wildman–Crippen MR) is 106 cm³/mol. The first-order chi connectivity index (χ1) is 12.8. The van der Waals surface area contributed by atoms with Crippen LogP contribution >= 0.6 is 23.2 Å². The lowest BCUT2D eigenvalue weighted by Gasteiger charge is -2.61. The minimum atomic E-state index is -0.757. The zero-order chi connectivity index (χ0) is 19.0. The quantitative estimate of drug-likeness (QED) is 0.653. The summed E-state index contributed by atoms with van der Waals surface area (Å²) in [5.41, 5.74) is -0.106. The lowest BCUT2D eigenvalue weighted by atomic mass is 9.47. The minimum absolute atomic E-state index is 0.0302. The second kappa shape index (κ2) is 5.87. The van der Waals surface area contributed by atoms with Crippen LogP contribution in [0.1, 0.15) is 57.9 Å². The summed E-state index contributed by atoms with van der Waals surface area (Å²) in [5.74, 6) is 2.61. The number of hydrogen-bond donors (Lipinski definition) is 0. The molecule has 6 heteroatoms. The van der Waals surface area contributed by atoms with Crippen LogP contribution in [0.5, 0.6) is 0 Å². The summed E-state index contributed by atoms with van der Waals surface area (Å²) in [5, 5.41) is 7.24. The van der Waals surface area contributed by atoms with E-state index < -0.39 is 5.72 Å². The van der Waals surface area contributed by atoms with Gasteiger partial charge in [-0.25, -0.2) is 0 Å². The Bertz CT molecular complexity index is 817. The minimum Gasteiger partial charge on any atom is -0.447 e. The maximum Gasteiger partial charge on any atom is 0.243 e. The average Bonchev–Trinajstić information content (AvgIpc) is 2.93. The summed E-state index contributed by atoms with van der Waals surface area (Å²) < 4.78 is 6.54. The van der Waals surface area contributed by atoms with Crippen LogP contribution in [0.25, 0.3) is 0 Å². The molecule has 0 saturated heterocycles. The third-order valence-electron chi connectivity index (χ3n) is 7.37. The second-order valence-corrected chi connectivity index (χ2v) is 9.99. The number of amides is 1. The molecule has 4 bridgehead atoms. The van der Waals surface area contributed by atoms with Crippen LogP contribution < -0.4 is 0 Å². The fourth-order valence-corrected chi connectivity index (χ4v) is 7.08. The van der Waals surface area contributed by atoms with E-state index in [0.29, 0.717) is 21.5 Å². The summed E-state index contributed by atoms with van der Waals surface area (Å²) in [4.78, 5) is 12.6. The number of halogens is 2. The first-order valence-electron chi connectivity index (χ1n) is 9.83. The maximum absolute atomic E-state index is 12.6. The van der Waals surface area contributed by atoms with Crippen molar-refractivity contribution in [3.05, 3.63) is 33.8 Å². The maximum atomic E-state index is 12.6. The van der Waals surface area contributed by atoms with Crippen molar-refractivity contribution in [2.45, 2.75) is 58.1 Å². The number of benzene rings is 1. The van der Waals surface area contributed by atoms with Crippen molar-refractivity contribution in [1.29, 1.82) is 0 Å². The molecule has 1 aromatic rings. The van der Waals surface area contributed by atoms with E-state index in [1.54, 1.807) is 24.1 Å². The van der Waals surface area contributed by atoms with Gasteiger partial charge in [0.2, 0.25) is 17.5 Å². The number of carbonyl (C=O) groups is 1. The Morgan fingerprint density at radius 2 is 1.74 bits per heavy atom. The van der Waals surface area contributed by atoms with Gasteiger partial charge in [-0.05, 0) is 81.4 Å². The molecule has 0 aromatic heterocycles. The number of nitrogens with zero attached hydrogens (tertiary/aromatic N) is 2. The van der Waals surface area contributed by atoms with E-state index in [9.17, 15) is 4.79 Å². The molecule has 144 valence electrons. The highest BCUT2D eigenvalue weighted by Gasteiger charge is 2.65. The molecule has 0 N–H and O–H groups in total. The standard InChI is InChI=1S/C21H24Cl2N2O2/c1-12(26)25-20(2,21-9-13-5-14(10-21)7-15(6-13)11-21)27-19(24-25)17-4-3-16(22)8-18(17)23/h3-4,8,13-15H,5-7,9-11H2,1-2H3/t13?,14?,15?,20-,21?/m0/s1. The van der Waals surface area contributed by atoms with Crippen molar-refractivity contribution in [2.24, 2.45) is 28.3 Å². The fraction of sp³-hybridized carbons (Fsp3) is 0.619. The van der Waals surface area contributed by atoms with Crippen molar-refractivity contribution < 1.29 is 9.53 Å². The van der Waals surface area contributed by atoms with Crippen molar-refractivity contribution >= 4 is 35.0 Å². The molecule has 5 aliphatic rings. The Morgan fingerprint density at radius 1 is 1.15 bits per heavy atom. The van der Waals surface area contributed by atoms with Gasteiger partial charge >= 0.3 is 0 Å². The second-order valence-electron chi connectivity index (χ2n) is 9.14. The molecule has 4 fully saturated rings. The van der Waals surface area contributed by atoms with E-state index in [4.69, 9.17) is 27.9 Å². The first-order valence-corrected chi connectivity index (χ1v) is 10.6. The van der Waals surface area contributed by atoms with Gasteiger partial charge in [-0.15, -0.1) is 5.10 Å². The molecule has 1 heterocycles. The van der Waals surface area contributed by atoms with Crippen LogP contribution in [0.3, 0.4) is 0 Å². The fourth-order valence-electron chi connectivity index (χ4n) is 6.59. The highest BCUT2D eigenvalue weighted by atomic mass is 35.5. The predicted octanol–water partition coefficient (Wildman–Crippen LogP) is 5.47. The molecule has 0 spiro atoms. The zero-order valence-electron chi connectivity index (χ0n) is 15.7. The largest absolute Gasteiger partial charge is 0.447 e. The van der Waals surface area contributed by atoms with Gasteiger partial charge in [-0.3, -0.25) is 4.79 Å². The van der Waals surface area contributed by atoms with Gasteiger partial charge in [0.1, 0.15) is 0 Å². The number of rotatable bonds is 2. The molecule has 27 heavy (non-hydrogen) atoms. The first kappa shape index (κ1) is 17.8. The summed E-state index contributed by atoms with van der Waals surface area (Å²) in [6.07, 6.45) is 7.38. The molecule has 4 nitrogen and oxygen atoms in total.